The Labute approximate surface area is 151 Å². The maximum Gasteiger partial charge on any atom is 0.226 e. The van der Waals surface area contributed by atoms with Crippen molar-refractivity contribution < 1.29 is 4.79 Å². The predicted molar refractivity (Wildman–Crippen MR) is 99.1 cm³/mol. The topological polar surface area (TPSA) is 33.2 Å². The molecule has 1 atom stereocenters. The first kappa shape index (κ1) is 16.9. The number of nitrogens with zero attached hydrogens (tertiary/aromatic N) is 2. The maximum absolute atomic E-state index is 13.0. The summed E-state index contributed by atoms with van der Waals surface area (Å²) in [4.78, 5) is 19.4. The van der Waals surface area contributed by atoms with E-state index < -0.39 is 0 Å². The summed E-state index contributed by atoms with van der Waals surface area (Å²) >= 11 is 3.46. The van der Waals surface area contributed by atoms with Gasteiger partial charge in [-0.25, -0.2) is 0 Å². The van der Waals surface area contributed by atoms with E-state index in [-0.39, 0.29) is 11.8 Å². The average molecular weight is 385 g/mol. The maximum atomic E-state index is 13.0. The fraction of sp³-hybridized carbons (Fsp3) is 0.300. The zero-order chi connectivity index (χ0) is 16.8. The fourth-order valence-electron chi connectivity index (χ4n) is 2.99. The Kier molecular flexibility index (Phi) is 5.81. The van der Waals surface area contributed by atoms with Crippen LogP contribution in [0.1, 0.15) is 30.5 Å². The van der Waals surface area contributed by atoms with Crippen molar-refractivity contribution in [3.63, 3.8) is 0 Å². The molecule has 0 bridgehead atoms. The minimum atomic E-state index is 0.0918. The molecule has 1 aromatic carbocycles. The molecule has 0 aliphatic heterocycles. The number of amides is 1. The Morgan fingerprint density at radius 1 is 1.12 bits per heavy atom. The number of benzene rings is 1. The highest BCUT2D eigenvalue weighted by Crippen LogP contribution is 2.23. The predicted octanol–water partition coefficient (Wildman–Crippen LogP) is 4.73. The molecule has 0 N–H and O–H groups in total. The second kappa shape index (κ2) is 8.25. The first-order valence-corrected chi connectivity index (χ1v) is 9.10. The third-order valence-electron chi connectivity index (χ3n) is 4.30. The highest BCUT2D eigenvalue weighted by Gasteiger charge is 2.25. The molecule has 1 aromatic heterocycles. The molecule has 124 valence electrons. The average Bonchev–Trinajstić information content (AvgIpc) is 2.64. The van der Waals surface area contributed by atoms with Crippen LogP contribution < -0.4 is 0 Å². The Morgan fingerprint density at radius 3 is 2.62 bits per heavy atom. The molecule has 1 aliphatic carbocycles. The Hall–Kier alpha value is -1.94. The van der Waals surface area contributed by atoms with E-state index in [2.05, 4.69) is 45.2 Å². The first-order valence-electron chi connectivity index (χ1n) is 8.30. The molecule has 3 nitrogen and oxygen atoms in total. The minimum Gasteiger partial charge on any atom is -0.332 e. The molecule has 0 radical (unpaired) electrons. The second-order valence-corrected chi connectivity index (χ2v) is 7.04. The lowest BCUT2D eigenvalue weighted by molar-refractivity contribution is -0.137. The lowest BCUT2D eigenvalue weighted by Gasteiger charge is -2.28. The molecule has 0 fully saturated rings. The van der Waals surface area contributed by atoms with Gasteiger partial charge < -0.3 is 4.90 Å². The zero-order valence-corrected chi connectivity index (χ0v) is 15.2. The van der Waals surface area contributed by atoms with Crippen molar-refractivity contribution in [2.24, 2.45) is 5.92 Å². The van der Waals surface area contributed by atoms with Crippen molar-refractivity contribution in [2.45, 2.75) is 32.4 Å². The summed E-state index contributed by atoms with van der Waals surface area (Å²) in [6, 6.07) is 14.0. The standard InChI is InChI=1S/C20H21BrN2O/c21-18-11-9-16(10-12-18)14-23(15-19-8-4-5-13-22-19)20(24)17-6-2-1-3-7-17/h1-2,4-5,8-13,17H,3,6-7,14-15H2/t17-/m0/s1. The molecular weight excluding hydrogens is 364 g/mol. The molecule has 0 saturated heterocycles. The van der Waals surface area contributed by atoms with Gasteiger partial charge in [-0.05, 0) is 49.1 Å². The summed E-state index contributed by atoms with van der Waals surface area (Å²) in [6.07, 6.45) is 8.85. The number of hydrogen-bond donors (Lipinski definition) is 0. The molecule has 4 heteroatoms. The molecule has 1 amide bonds. The van der Waals surface area contributed by atoms with Gasteiger partial charge in [0.25, 0.3) is 0 Å². The lowest BCUT2D eigenvalue weighted by atomic mass is 9.93. The van der Waals surface area contributed by atoms with Crippen molar-refractivity contribution in [3.8, 4) is 0 Å². The molecule has 1 heterocycles. The van der Waals surface area contributed by atoms with Crippen LogP contribution in [0.2, 0.25) is 0 Å². The number of carbonyl (C=O) groups excluding carboxylic acids is 1. The third-order valence-corrected chi connectivity index (χ3v) is 4.82. The van der Waals surface area contributed by atoms with E-state index in [4.69, 9.17) is 0 Å². The van der Waals surface area contributed by atoms with Gasteiger partial charge >= 0.3 is 0 Å². The van der Waals surface area contributed by atoms with Crippen LogP contribution in [0, 0.1) is 5.92 Å². The molecule has 24 heavy (non-hydrogen) atoms. The van der Waals surface area contributed by atoms with Crippen molar-refractivity contribution in [3.05, 3.63) is 76.5 Å². The van der Waals surface area contributed by atoms with E-state index >= 15 is 0 Å². The third kappa shape index (κ3) is 4.54. The number of aromatic nitrogens is 1. The van der Waals surface area contributed by atoms with E-state index in [9.17, 15) is 4.79 Å². The molecule has 0 spiro atoms. The number of rotatable bonds is 5. The lowest BCUT2D eigenvalue weighted by Crippen LogP contribution is -2.36. The minimum absolute atomic E-state index is 0.0918. The Bertz CT molecular complexity index is 697. The van der Waals surface area contributed by atoms with E-state index in [0.29, 0.717) is 13.1 Å². The van der Waals surface area contributed by atoms with Gasteiger partial charge in [-0.2, -0.15) is 0 Å². The van der Waals surface area contributed by atoms with Crippen LogP contribution in [0.25, 0.3) is 0 Å². The van der Waals surface area contributed by atoms with Gasteiger partial charge in [0.1, 0.15) is 0 Å². The number of allylic oxidation sites excluding steroid dienone is 2. The van der Waals surface area contributed by atoms with Gasteiger partial charge in [-0.1, -0.05) is 46.3 Å². The van der Waals surface area contributed by atoms with Crippen LogP contribution in [-0.2, 0) is 17.9 Å². The second-order valence-electron chi connectivity index (χ2n) is 6.12. The van der Waals surface area contributed by atoms with E-state index in [1.165, 1.54) is 0 Å². The summed E-state index contributed by atoms with van der Waals surface area (Å²) in [7, 11) is 0. The van der Waals surface area contributed by atoms with Gasteiger partial charge in [0, 0.05) is 23.1 Å². The molecule has 0 unspecified atom stereocenters. The summed E-state index contributed by atoms with van der Waals surface area (Å²) in [6.45, 7) is 1.17. The first-order chi connectivity index (χ1) is 11.7. The van der Waals surface area contributed by atoms with Crippen LogP contribution >= 0.6 is 15.9 Å². The largest absolute Gasteiger partial charge is 0.332 e. The quantitative estimate of drug-likeness (QED) is 0.698. The van der Waals surface area contributed by atoms with Gasteiger partial charge in [-0.15, -0.1) is 0 Å². The van der Waals surface area contributed by atoms with Crippen molar-refractivity contribution in [1.29, 1.82) is 0 Å². The molecule has 2 aromatic rings. The van der Waals surface area contributed by atoms with Gasteiger partial charge in [0.2, 0.25) is 5.91 Å². The monoisotopic (exact) mass is 384 g/mol. The van der Waals surface area contributed by atoms with Crippen molar-refractivity contribution in [2.75, 3.05) is 0 Å². The van der Waals surface area contributed by atoms with Crippen LogP contribution in [0.4, 0.5) is 0 Å². The summed E-state index contributed by atoms with van der Waals surface area (Å²) in [5, 5.41) is 0. The van der Waals surface area contributed by atoms with Gasteiger partial charge in [0.05, 0.1) is 12.2 Å². The molecule has 3 rings (SSSR count). The van der Waals surface area contributed by atoms with Crippen LogP contribution in [0.5, 0.6) is 0 Å². The number of pyridine rings is 1. The van der Waals surface area contributed by atoms with Crippen LogP contribution in [-0.4, -0.2) is 15.8 Å². The molecular formula is C20H21BrN2O. The zero-order valence-electron chi connectivity index (χ0n) is 13.6. The van der Waals surface area contributed by atoms with E-state index in [1.807, 2.05) is 35.2 Å². The Morgan fingerprint density at radius 2 is 1.96 bits per heavy atom. The number of halogens is 1. The van der Waals surface area contributed by atoms with E-state index in [1.54, 1.807) is 6.20 Å². The van der Waals surface area contributed by atoms with Crippen molar-refractivity contribution in [1.82, 2.24) is 9.88 Å². The summed E-state index contributed by atoms with van der Waals surface area (Å²) in [5.41, 5.74) is 2.06. The van der Waals surface area contributed by atoms with Crippen molar-refractivity contribution >= 4 is 21.8 Å². The number of hydrogen-bond acceptors (Lipinski definition) is 2. The normalized spacial score (nSPS) is 16.8. The van der Waals surface area contributed by atoms with Gasteiger partial charge in [0.15, 0.2) is 0 Å². The van der Waals surface area contributed by atoms with E-state index in [0.717, 1.165) is 35.0 Å². The molecule has 0 saturated carbocycles. The highest BCUT2D eigenvalue weighted by atomic mass is 79.9. The smallest absolute Gasteiger partial charge is 0.226 e. The molecule has 1 aliphatic rings. The van der Waals surface area contributed by atoms with Crippen LogP contribution in [0.3, 0.4) is 0 Å². The Balaban J connectivity index is 1.78. The summed E-state index contributed by atoms with van der Waals surface area (Å²) < 4.78 is 1.05. The van der Waals surface area contributed by atoms with Crippen LogP contribution in [0.15, 0.2) is 65.3 Å². The SMILES string of the molecule is O=C([C@H]1CC=CCC1)N(Cc1ccc(Br)cc1)Cc1ccccn1. The summed E-state index contributed by atoms with van der Waals surface area (Å²) in [5.74, 6) is 0.321. The highest BCUT2D eigenvalue weighted by molar-refractivity contribution is 9.10. The number of carbonyl (C=O) groups is 1. The fourth-order valence-corrected chi connectivity index (χ4v) is 3.25. The van der Waals surface area contributed by atoms with Gasteiger partial charge in [-0.3, -0.25) is 9.78 Å².